The van der Waals surface area contributed by atoms with Crippen molar-refractivity contribution in [2.24, 2.45) is 21.8 Å². The summed E-state index contributed by atoms with van der Waals surface area (Å²) in [6, 6.07) is 44.9. The molecule has 2 aliphatic heterocycles. The Bertz CT molecular complexity index is 4480. The average molecular weight is 1530 g/mol. The topological polar surface area (TPSA) is 188 Å². The molecule has 0 aliphatic carbocycles. The highest BCUT2D eigenvalue weighted by atomic mass is 32.1. The van der Waals surface area contributed by atoms with Crippen molar-refractivity contribution in [2.75, 3.05) is 0 Å². The third-order valence-electron chi connectivity index (χ3n) is 17.0. The van der Waals surface area contributed by atoms with Crippen LogP contribution in [-0.2, 0) is 12.8 Å². The largest absolute Gasteiger partial charge is 0.307 e. The first-order valence-corrected chi connectivity index (χ1v) is 41.3. The molecule has 0 spiro atoms. The molecule has 0 atom stereocenters. The Kier molecular flexibility index (Phi) is 29.2. The molecular formula is C87H100N16S5. The lowest BCUT2D eigenvalue weighted by Gasteiger charge is -2.01. The fraction of sp³-hybridized carbons (Fsp3) is 0.333. The fourth-order valence-electron chi connectivity index (χ4n) is 10.6. The number of pyridine rings is 5. The van der Waals surface area contributed by atoms with Crippen LogP contribution < -0.4 is 0 Å². The highest BCUT2D eigenvalue weighted by Crippen LogP contribution is 2.33. The minimum atomic E-state index is 0.465. The number of hydrogen-bond donors (Lipinski definition) is 0. The highest BCUT2D eigenvalue weighted by Gasteiger charge is 2.18. The number of benzene rings is 3. The zero-order valence-electron chi connectivity index (χ0n) is 65.4. The highest BCUT2D eigenvalue weighted by molar-refractivity contribution is 7.20. The smallest absolute Gasteiger partial charge is 0.170 e. The molecule has 0 saturated heterocycles. The number of rotatable bonds is 9. The Balaban J connectivity index is 0.000000130. The van der Waals surface area contributed by atoms with E-state index in [0.717, 1.165) is 68.9 Å². The van der Waals surface area contributed by atoms with Gasteiger partial charge in [0.2, 0.25) is 0 Å². The van der Waals surface area contributed by atoms with Crippen LogP contribution in [0.5, 0.6) is 0 Å². The Hall–Kier alpha value is -9.64. The van der Waals surface area contributed by atoms with Crippen LogP contribution >= 0.6 is 56.7 Å². The fourth-order valence-corrected chi connectivity index (χ4v) is 15.4. The van der Waals surface area contributed by atoms with Gasteiger partial charge in [0.15, 0.2) is 11.3 Å². The summed E-state index contributed by atoms with van der Waals surface area (Å²) >= 11 is 8.81. The van der Waals surface area contributed by atoms with Gasteiger partial charge in [-0.15, -0.1) is 56.7 Å². The van der Waals surface area contributed by atoms with Crippen LogP contribution in [0.2, 0.25) is 0 Å². The third-order valence-corrected chi connectivity index (χ3v) is 23.6. The molecular weight excluding hydrogens is 1430 g/mol. The Morgan fingerprint density at radius 2 is 0.759 bits per heavy atom. The molecule has 0 unspecified atom stereocenters. The summed E-state index contributed by atoms with van der Waals surface area (Å²) in [5.41, 5.74) is 16.9. The SMILES string of the molecule is CC(C)C1=Nc2ccccc2C1.CC(C)C1=Nc2cnccc2C1.CC(C)c1cn2ccccc2n1.CC(C)c1cn2ncccc2n1.CC(C)c1nc2ccccc2s1.CC(C)c1nc2ccccc2s1.CC(C)c1nc2ccncc2s1.CC(C)c1nc2cnccc2s1.CC(C)c1nc2ncccc2s1. The molecule has 18 rings (SSSR count). The van der Waals surface area contributed by atoms with E-state index in [0.29, 0.717) is 53.3 Å². The van der Waals surface area contributed by atoms with E-state index >= 15 is 0 Å². The number of thiazole rings is 5. The summed E-state index contributed by atoms with van der Waals surface area (Å²) in [7, 11) is 0. The molecule has 0 bridgehead atoms. The van der Waals surface area contributed by atoms with Gasteiger partial charge in [0.25, 0.3) is 0 Å². The van der Waals surface area contributed by atoms with Crippen LogP contribution in [0.3, 0.4) is 0 Å². The van der Waals surface area contributed by atoms with Crippen LogP contribution in [0.1, 0.15) is 214 Å². The van der Waals surface area contributed by atoms with Crippen LogP contribution in [-0.4, -0.2) is 80.3 Å². The first-order valence-electron chi connectivity index (χ1n) is 37.2. The molecule has 2 aliphatic rings. The van der Waals surface area contributed by atoms with E-state index in [1.54, 1.807) is 79.8 Å². The molecule has 0 N–H and O–H groups in total. The van der Waals surface area contributed by atoms with Gasteiger partial charge in [-0.2, -0.15) is 5.10 Å². The zero-order valence-corrected chi connectivity index (χ0v) is 69.4. The summed E-state index contributed by atoms with van der Waals surface area (Å²) in [6.07, 6.45) is 22.6. The van der Waals surface area contributed by atoms with Crippen molar-refractivity contribution >= 4 is 142 Å². The van der Waals surface area contributed by atoms with Crippen molar-refractivity contribution in [1.29, 1.82) is 0 Å². The molecule has 15 heterocycles. The Morgan fingerprint density at radius 1 is 0.315 bits per heavy atom. The summed E-state index contributed by atoms with van der Waals surface area (Å²) in [5, 5.41) is 10.2. The van der Waals surface area contributed by atoms with Gasteiger partial charge < -0.3 is 4.40 Å². The molecule has 0 fully saturated rings. The average Bonchev–Trinajstić information content (AvgIpc) is 1.77. The van der Waals surface area contributed by atoms with Crippen molar-refractivity contribution in [3.8, 4) is 0 Å². The minimum absolute atomic E-state index is 0.465. The number of para-hydroxylation sites is 3. The van der Waals surface area contributed by atoms with Crippen molar-refractivity contribution in [2.45, 2.75) is 179 Å². The molecule has 16 aromatic rings. The zero-order chi connectivity index (χ0) is 77.0. The van der Waals surface area contributed by atoms with E-state index in [2.05, 4.69) is 266 Å². The van der Waals surface area contributed by atoms with Crippen LogP contribution in [0, 0.1) is 11.8 Å². The maximum atomic E-state index is 4.57. The molecule has 108 heavy (non-hydrogen) atoms. The number of aliphatic imine (C=N–C) groups is 2. The summed E-state index contributed by atoms with van der Waals surface area (Å²) in [6.45, 7) is 39.0. The van der Waals surface area contributed by atoms with Gasteiger partial charge in [0.05, 0.1) is 112 Å². The molecule has 21 heteroatoms. The number of hydrogen-bond acceptors (Lipinski definition) is 19. The molecule has 13 aromatic heterocycles. The summed E-state index contributed by atoms with van der Waals surface area (Å²) in [4.78, 5) is 56.7. The lowest BCUT2D eigenvalue weighted by Crippen LogP contribution is -2.06. The van der Waals surface area contributed by atoms with Gasteiger partial charge in [-0.05, 0) is 120 Å². The number of nitrogens with zero attached hydrogens (tertiary/aromatic N) is 16. The maximum Gasteiger partial charge on any atom is 0.170 e. The van der Waals surface area contributed by atoms with E-state index < -0.39 is 0 Å². The van der Waals surface area contributed by atoms with Gasteiger partial charge in [0.1, 0.15) is 5.65 Å². The quantitative estimate of drug-likeness (QED) is 0.133. The predicted octanol–water partition coefficient (Wildman–Crippen LogP) is 24.9. The summed E-state index contributed by atoms with van der Waals surface area (Å²) < 4.78 is 10.0. The molecule has 0 amide bonds. The van der Waals surface area contributed by atoms with Crippen LogP contribution in [0.25, 0.3) is 62.5 Å². The molecule has 0 saturated carbocycles. The predicted molar refractivity (Wildman–Crippen MR) is 460 cm³/mol. The van der Waals surface area contributed by atoms with Gasteiger partial charge in [-0.1, -0.05) is 173 Å². The Labute approximate surface area is 655 Å². The van der Waals surface area contributed by atoms with Gasteiger partial charge in [-0.25, -0.2) is 44.4 Å². The van der Waals surface area contributed by atoms with Crippen molar-refractivity contribution in [3.63, 3.8) is 0 Å². The van der Waals surface area contributed by atoms with Crippen LogP contribution in [0.15, 0.2) is 212 Å². The van der Waals surface area contributed by atoms with Crippen molar-refractivity contribution < 1.29 is 0 Å². The molecule has 3 aromatic carbocycles. The Morgan fingerprint density at radius 3 is 1.30 bits per heavy atom. The van der Waals surface area contributed by atoms with Crippen LogP contribution in [0.4, 0.5) is 11.4 Å². The van der Waals surface area contributed by atoms with Crippen molar-refractivity contribution in [3.05, 3.63) is 249 Å². The second kappa shape index (κ2) is 38.9. The van der Waals surface area contributed by atoms with E-state index in [1.165, 1.54) is 76.8 Å². The third kappa shape index (κ3) is 22.5. The van der Waals surface area contributed by atoms with E-state index in [1.807, 2.05) is 116 Å². The standard InChI is InChI=1S/C11H13N.2C10H12N2.2C10H11NS.C9H11N3.3C9H10N2S/c1-8(2)11-7-9-5-3-4-6-10(9)12-11;1-7(2)9-5-8-3-4-11-6-10(8)12-9;1-8(2)9-7-12-6-4-3-5-10(12)11-9;2*1-7(2)10-11-8-5-3-4-6-9(8)12-10;1-7(2)8-6-12-9(11-8)4-3-5-10-12;1-6(2)9-11-7-5-10-4-3-8(7)12-9;1-6(2)9-11-7-3-4-10-5-8(7)12-9;1-6(2)9-11-8-7(12-9)4-3-5-10-8/h3-6,8H,7H2,1-2H3;3-4,6-7H,5H2,1-2H3;3-8H,1-2H3;3*3-7H,1-2H3;3*3-6H,1-2H3. The lowest BCUT2D eigenvalue weighted by atomic mass is 10.0. The molecule has 0 radical (unpaired) electrons. The lowest BCUT2D eigenvalue weighted by molar-refractivity contribution is 0.829. The maximum absolute atomic E-state index is 4.57. The number of imidazole rings is 2. The minimum Gasteiger partial charge on any atom is -0.307 e. The van der Waals surface area contributed by atoms with Gasteiger partial charge >= 0.3 is 0 Å². The first kappa shape index (κ1) is 80.9. The van der Waals surface area contributed by atoms with Gasteiger partial charge in [-0.3, -0.25) is 24.9 Å². The van der Waals surface area contributed by atoms with E-state index in [9.17, 15) is 0 Å². The van der Waals surface area contributed by atoms with Crippen molar-refractivity contribution in [1.82, 2.24) is 68.8 Å². The first-order chi connectivity index (χ1) is 51.9. The second-order valence-electron chi connectivity index (χ2n) is 28.9. The summed E-state index contributed by atoms with van der Waals surface area (Å²) in [5.74, 6) is 4.73. The van der Waals surface area contributed by atoms with E-state index in [4.69, 9.17) is 0 Å². The van der Waals surface area contributed by atoms with E-state index in [-0.39, 0.29) is 0 Å². The van der Waals surface area contributed by atoms with Gasteiger partial charge in [0, 0.05) is 103 Å². The molecule has 558 valence electrons. The second-order valence-corrected chi connectivity index (χ2v) is 34.2. The normalized spacial score (nSPS) is 12.0. The monoisotopic (exact) mass is 1530 g/mol. The number of fused-ring (bicyclic) bond motifs is 9. The number of aromatic nitrogens is 14. The molecule has 16 nitrogen and oxygen atoms in total.